The molecule has 0 amide bonds. The number of halogens is 1. The number of hydrogen-bond donors (Lipinski definition) is 1. The Morgan fingerprint density at radius 1 is 1.37 bits per heavy atom. The van der Waals surface area contributed by atoms with Crippen molar-refractivity contribution >= 4 is 27.7 Å². The molecule has 1 aromatic heterocycles. The van der Waals surface area contributed by atoms with Gasteiger partial charge in [-0.05, 0) is 21.5 Å². The van der Waals surface area contributed by atoms with Crippen LogP contribution >= 0.6 is 15.9 Å². The fourth-order valence-electron chi connectivity index (χ4n) is 1.60. The lowest BCUT2D eigenvalue weighted by atomic mass is 10.1. The Morgan fingerprint density at radius 2 is 2.11 bits per heavy atom. The summed E-state index contributed by atoms with van der Waals surface area (Å²) in [6.45, 7) is 0. The van der Waals surface area contributed by atoms with Crippen molar-refractivity contribution in [3.63, 3.8) is 0 Å². The molecule has 0 bridgehead atoms. The maximum absolute atomic E-state index is 11.9. The van der Waals surface area contributed by atoms with Crippen LogP contribution in [-0.4, -0.2) is 23.0 Å². The molecule has 1 unspecified atom stereocenters. The van der Waals surface area contributed by atoms with Gasteiger partial charge < -0.3 is 10.1 Å². The predicted octanol–water partition coefficient (Wildman–Crippen LogP) is 2.57. The van der Waals surface area contributed by atoms with E-state index in [2.05, 4.69) is 31.2 Å². The van der Waals surface area contributed by atoms with Crippen LogP contribution < -0.4 is 5.32 Å². The molecule has 0 aliphatic heterocycles. The van der Waals surface area contributed by atoms with Crippen LogP contribution in [0, 0.1) is 0 Å². The second-order valence-corrected chi connectivity index (χ2v) is 4.58. The maximum Gasteiger partial charge on any atom is 0.333 e. The van der Waals surface area contributed by atoms with E-state index in [0.29, 0.717) is 10.3 Å². The van der Waals surface area contributed by atoms with E-state index in [0.717, 1.165) is 5.56 Å². The summed E-state index contributed by atoms with van der Waals surface area (Å²) in [5.74, 6) is 0.158. The van der Waals surface area contributed by atoms with E-state index >= 15 is 0 Å². The first-order valence-corrected chi connectivity index (χ1v) is 6.36. The lowest BCUT2D eigenvalue weighted by molar-refractivity contribution is -0.141. The van der Waals surface area contributed by atoms with Crippen molar-refractivity contribution in [1.29, 1.82) is 0 Å². The number of nitrogens with zero attached hydrogens (tertiary/aromatic N) is 2. The first-order chi connectivity index (χ1) is 9.22. The fourth-order valence-corrected chi connectivity index (χ4v) is 1.93. The Labute approximate surface area is 119 Å². The number of hydrogen-bond acceptors (Lipinski definition) is 5. The van der Waals surface area contributed by atoms with Gasteiger partial charge in [0.05, 0.1) is 11.6 Å². The normalized spacial score (nSPS) is 11.7. The van der Waals surface area contributed by atoms with E-state index in [1.165, 1.54) is 13.4 Å². The number of methoxy groups -OCH3 is 1. The topological polar surface area (TPSA) is 64.1 Å². The molecule has 0 aliphatic rings. The van der Waals surface area contributed by atoms with Gasteiger partial charge in [0.15, 0.2) is 6.04 Å². The van der Waals surface area contributed by atoms with Crippen LogP contribution in [0.15, 0.2) is 47.3 Å². The van der Waals surface area contributed by atoms with Gasteiger partial charge in [0, 0.05) is 6.20 Å². The SMILES string of the molecule is COC(=O)C(Nc1ncncc1Br)c1ccccc1. The summed E-state index contributed by atoms with van der Waals surface area (Å²) in [4.78, 5) is 19.8. The van der Waals surface area contributed by atoms with E-state index in [9.17, 15) is 4.79 Å². The highest BCUT2D eigenvalue weighted by molar-refractivity contribution is 9.10. The van der Waals surface area contributed by atoms with Crippen molar-refractivity contribution < 1.29 is 9.53 Å². The minimum Gasteiger partial charge on any atom is -0.467 e. The number of carbonyl (C=O) groups is 1. The summed E-state index contributed by atoms with van der Waals surface area (Å²) >= 11 is 3.33. The third-order valence-corrected chi connectivity index (χ3v) is 3.10. The largest absolute Gasteiger partial charge is 0.467 e. The lowest BCUT2D eigenvalue weighted by Gasteiger charge is -2.17. The number of rotatable bonds is 4. The zero-order chi connectivity index (χ0) is 13.7. The molecule has 2 rings (SSSR count). The van der Waals surface area contributed by atoms with Crippen molar-refractivity contribution in [3.05, 3.63) is 52.9 Å². The van der Waals surface area contributed by atoms with Crippen LogP contribution in [0.5, 0.6) is 0 Å². The van der Waals surface area contributed by atoms with Gasteiger partial charge in [-0.3, -0.25) is 0 Å². The zero-order valence-corrected chi connectivity index (χ0v) is 11.8. The first-order valence-electron chi connectivity index (χ1n) is 5.57. The molecule has 98 valence electrons. The Kier molecular flexibility index (Phi) is 4.46. The average Bonchev–Trinajstić information content (AvgIpc) is 2.46. The highest BCUT2D eigenvalue weighted by Gasteiger charge is 2.22. The molecule has 5 nitrogen and oxygen atoms in total. The predicted molar refractivity (Wildman–Crippen MR) is 74.6 cm³/mol. The number of anilines is 1. The van der Waals surface area contributed by atoms with Crippen molar-refractivity contribution in [3.8, 4) is 0 Å². The summed E-state index contributed by atoms with van der Waals surface area (Å²) in [7, 11) is 1.36. The summed E-state index contributed by atoms with van der Waals surface area (Å²) in [5.41, 5.74) is 0.805. The maximum atomic E-state index is 11.9. The standard InChI is InChI=1S/C13H12BrN3O2/c1-19-13(18)11(9-5-3-2-4-6-9)17-12-10(14)7-15-8-16-12/h2-8,11H,1H3,(H,15,16,17). The van der Waals surface area contributed by atoms with Gasteiger partial charge in [-0.1, -0.05) is 30.3 Å². The van der Waals surface area contributed by atoms with Gasteiger partial charge in [-0.25, -0.2) is 14.8 Å². The Hall–Kier alpha value is -1.95. The molecule has 0 saturated heterocycles. The summed E-state index contributed by atoms with van der Waals surface area (Å²) in [5, 5.41) is 3.04. The van der Waals surface area contributed by atoms with Crippen molar-refractivity contribution in [2.75, 3.05) is 12.4 Å². The van der Waals surface area contributed by atoms with E-state index in [4.69, 9.17) is 4.74 Å². The molecule has 0 radical (unpaired) electrons. The molecular formula is C13H12BrN3O2. The van der Waals surface area contributed by atoms with Gasteiger partial charge in [0.25, 0.3) is 0 Å². The molecule has 1 heterocycles. The van der Waals surface area contributed by atoms with E-state index in [1.54, 1.807) is 6.20 Å². The van der Waals surface area contributed by atoms with Gasteiger partial charge >= 0.3 is 5.97 Å². The van der Waals surface area contributed by atoms with E-state index in [1.807, 2.05) is 30.3 Å². The summed E-state index contributed by atoms with van der Waals surface area (Å²) in [6, 6.07) is 8.70. The second kappa shape index (κ2) is 6.29. The smallest absolute Gasteiger partial charge is 0.333 e. The van der Waals surface area contributed by atoms with Crippen molar-refractivity contribution in [2.24, 2.45) is 0 Å². The number of aromatic nitrogens is 2. The number of benzene rings is 1. The molecule has 1 N–H and O–H groups in total. The van der Waals surface area contributed by atoms with Gasteiger partial charge in [0.2, 0.25) is 0 Å². The number of carbonyl (C=O) groups excluding carboxylic acids is 1. The molecule has 0 saturated carbocycles. The van der Waals surface area contributed by atoms with Crippen LogP contribution in [0.1, 0.15) is 11.6 Å². The lowest BCUT2D eigenvalue weighted by Crippen LogP contribution is -2.23. The van der Waals surface area contributed by atoms with Crippen molar-refractivity contribution in [1.82, 2.24) is 9.97 Å². The van der Waals surface area contributed by atoms with Crippen LogP contribution in [0.25, 0.3) is 0 Å². The molecule has 2 aromatic rings. The van der Waals surface area contributed by atoms with Crippen LogP contribution in [0.4, 0.5) is 5.82 Å². The molecule has 0 aliphatic carbocycles. The minimum atomic E-state index is -0.614. The minimum absolute atomic E-state index is 0.378. The second-order valence-electron chi connectivity index (χ2n) is 3.73. The van der Waals surface area contributed by atoms with Gasteiger partial charge in [-0.2, -0.15) is 0 Å². The molecule has 0 fully saturated rings. The summed E-state index contributed by atoms with van der Waals surface area (Å²) < 4.78 is 5.50. The van der Waals surface area contributed by atoms with Crippen LogP contribution in [0.3, 0.4) is 0 Å². The summed E-state index contributed by atoms with van der Waals surface area (Å²) in [6.07, 6.45) is 3.01. The van der Waals surface area contributed by atoms with E-state index in [-0.39, 0.29) is 5.97 Å². The van der Waals surface area contributed by atoms with Gasteiger partial charge in [-0.15, -0.1) is 0 Å². The zero-order valence-electron chi connectivity index (χ0n) is 10.2. The number of ether oxygens (including phenoxy) is 1. The Balaban J connectivity index is 2.30. The third kappa shape index (κ3) is 3.29. The average molecular weight is 322 g/mol. The molecule has 0 spiro atoms. The highest BCUT2D eigenvalue weighted by atomic mass is 79.9. The van der Waals surface area contributed by atoms with Crippen LogP contribution in [-0.2, 0) is 9.53 Å². The monoisotopic (exact) mass is 321 g/mol. The Bertz CT molecular complexity index is 563. The van der Waals surface area contributed by atoms with Gasteiger partial charge in [0.1, 0.15) is 12.1 Å². The molecule has 6 heteroatoms. The molecule has 1 atom stereocenters. The molecular weight excluding hydrogens is 310 g/mol. The quantitative estimate of drug-likeness (QED) is 0.877. The molecule has 19 heavy (non-hydrogen) atoms. The fraction of sp³-hybridized carbons (Fsp3) is 0.154. The molecule has 1 aromatic carbocycles. The highest BCUT2D eigenvalue weighted by Crippen LogP contribution is 2.24. The van der Waals surface area contributed by atoms with E-state index < -0.39 is 6.04 Å². The number of esters is 1. The Morgan fingerprint density at radius 3 is 2.74 bits per heavy atom. The third-order valence-electron chi connectivity index (χ3n) is 2.52. The van der Waals surface area contributed by atoms with Crippen molar-refractivity contribution in [2.45, 2.75) is 6.04 Å². The first kappa shape index (κ1) is 13.5. The van der Waals surface area contributed by atoms with Crippen LogP contribution in [0.2, 0.25) is 0 Å². The number of nitrogens with one attached hydrogen (secondary N) is 1.